The largest absolute Gasteiger partial charge is 0.368 e. The van der Waals surface area contributed by atoms with Crippen LogP contribution in [-0.4, -0.2) is 14.6 Å². The lowest BCUT2D eigenvalue weighted by molar-refractivity contribution is 1.12. The predicted octanol–water partition coefficient (Wildman–Crippen LogP) is 1.38. The summed E-state index contributed by atoms with van der Waals surface area (Å²) in [6, 6.07) is 1.98. The van der Waals surface area contributed by atoms with Gasteiger partial charge in [0.1, 0.15) is 0 Å². The number of halogens is 1. The molecule has 4 nitrogen and oxygen atoms in total. The number of rotatable bonds is 0. The van der Waals surface area contributed by atoms with Gasteiger partial charge in [-0.05, 0) is 34.5 Å². The molecule has 0 unspecified atom stereocenters. The van der Waals surface area contributed by atoms with Gasteiger partial charge < -0.3 is 5.73 Å². The standard InChI is InChI=1S/C7H7BrN4/c1-4-2-5(8)3-12-6(4)10-11-7(12)9/h2-3H,1H3,(H2,9,11). The number of aryl methyl sites for hydroxylation is 1. The van der Waals surface area contributed by atoms with Gasteiger partial charge in [-0.3, -0.25) is 4.40 Å². The van der Waals surface area contributed by atoms with Crippen LogP contribution in [0.5, 0.6) is 0 Å². The summed E-state index contributed by atoms with van der Waals surface area (Å²) in [6.07, 6.45) is 1.84. The highest BCUT2D eigenvalue weighted by Gasteiger charge is 2.04. The van der Waals surface area contributed by atoms with Crippen LogP contribution < -0.4 is 5.73 Å². The number of nitrogen functional groups attached to an aromatic ring is 1. The number of nitrogens with two attached hydrogens (primary N) is 1. The average molecular weight is 227 g/mol. The van der Waals surface area contributed by atoms with Crippen LogP contribution in [0.25, 0.3) is 5.65 Å². The maximum Gasteiger partial charge on any atom is 0.226 e. The van der Waals surface area contributed by atoms with E-state index in [2.05, 4.69) is 26.1 Å². The lowest BCUT2D eigenvalue weighted by atomic mass is 10.3. The third-order valence-electron chi connectivity index (χ3n) is 1.68. The summed E-state index contributed by atoms with van der Waals surface area (Å²) in [5.74, 6) is 0.411. The zero-order chi connectivity index (χ0) is 8.72. The van der Waals surface area contributed by atoms with Crippen molar-refractivity contribution in [3.8, 4) is 0 Å². The SMILES string of the molecule is Cc1cc(Br)cn2c(N)nnc12. The molecule has 0 amide bonds. The molecule has 0 radical (unpaired) electrons. The smallest absolute Gasteiger partial charge is 0.226 e. The van der Waals surface area contributed by atoms with E-state index in [0.29, 0.717) is 5.95 Å². The van der Waals surface area contributed by atoms with Crippen LogP contribution >= 0.6 is 15.9 Å². The number of nitrogens with zero attached hydrogens (tertiary/aromatic N) is 3. The third kappa shape index (κ3) is 0.972. The molecule has 0 fully saturated rings. The summed E-state index contributed by atoms with van der Waals surface area (Å²) < 4.78 is 2.72. The normalized spacial score (nSPS) is 10.8. The fraction of sp³-hybridized carbons (Fsp3) is 0.143. The minimum absolute atomic E-state index is 0.411. The van der Waals surface area contributed by atoms with E-state index in [1.54, 1.807) is 4.40 Å². The Morgan fingerprint density at radius 2 is 2.25 bits per heavy atom. The van der Waals surface area contributed by atoms with Crippen molar-refractivity contribution in [2.24, 2.45) is 0 Å². The van der Waals surface area contributed by atoms with Crippen molar-refractivity contribution in [1.29, 1.82) is 0 Å². The van der Waals surface area contributed by atoms with Gasteiger partial charge >= 0.3 is 0 Å². The molecule has 0 aliphatic rings. The molecule has 2 heterocycles. The summed E-state index contributed by atoms with van der Waals surface area (Å²) in [7, 11) is 0. The molecule has 2 N–H and O–H groups in total. The molecule has 0 aromatic carbocycles. The van der Waals surface area contributed by atoms with Gasteiger partial charge in [0.2, 0.25) is 5.95 Å². The maximum absolute atomic E-state index is 5.58. The van der Waals surface area contributed by atoms with Gasteiger partial charge in [-0.1, -0.05) is 0 Å². The van der Waals surface area contributed by atoms with E-state index < -0.39 is 0 Å². The van der Waals surface area contributed by atoms with E-state index >= 15 is 0 Å². The topological polar surface area (TPSA) is 56.2 Å². The molecule has 2 rings (SSSR count). The van der Waals surface area contributed by atoms with Gasteiger partial charge in [0.05, 0.1) is 0 Å². The minimum Gasteiger partial charge on any atom is -0.368 e. The van der Waals surface area contributed by atoms with E-state index in [0.717, 1.165) is 15.7 Å². The lowest BCUT2D eigenvalue weighted by Gasteiger charge is -1.98. The van der Waals surface area contributed by atoms with Crippen LogP contribution in [0.4, 0.5) is 5.95 Å². The van der Waals surface area contributed by atoms with E-state index in [1.807, 2.05) is 19.2 Å². The molecular weight excluding hydrogens is 220 g/mol. The van der Waals surface area contributed by atoms with Crippen LogP contribution in [0.3, 0.4) is 0 Å². The first-order chi connectivity index (χ1) is 5.68. The molecule has 12 heavy (non-hydrogen) atoms. The fourth-order valence-electron chi connectivity index (χ4n) is 1.13. The maximum atomic E-state index is 5.58. The summed E-state index contributed by atoms with van der Waals surface area (Å²) in [5, 5.41) is 7.69. The number of anilines is 1. The van der Waals surface area contributed by atoms with Crippen molar-refractivity contribution < 1.29 is 0 Å². The number of fused-ring (bicyclic) bond motifs is 1. The Hall–Kier alpha value is -1.10. The summed E-state index contributed by atoms with van der Waals surface area (Å²) in [4.78, 5) is 0. The Balaban J connectivity index is 2.92. The van der Waals surface area contributed by atoms with E-state index in [4.69, 9.17) is 5.73 Å². The summed E-state index contributed by atoms with van der Waals surface area (Å²) in [5.41, 5.74) is 7.43. The Kier molecular flexibility index (Phi) is 1.54. The van der Waals surface area contributed by atoms with Crippen LogP contribution in [0, 0.1) is 6.92 Å². The van der Waals surface area contributed by atoms with Gasteiger partial charge in [-0.25, -0.2) is 0 Å². The molecular formula is C7H7BrN4. The molecule has 5 heteroatoms. The fourth-order valence-corrected chi connectivity index (χ4v) is 1.68. The highest BCUT2D eigenvalue weighted by Crippen LogP contribution is 2.17. The first kappa shape index (κ1) is 7.54. The predicted molar refractivity (Wildman–Crippen MR) is 49.8 cm³/mol. The number of aromatic nitrogens is 3. The second-order valence-corrected chi connectivity index (χ2v) is 3.51. The lowest BCUT2D eigenvalue weighted by Crippen LogP contribution is -1.94. The highest BCUT2D eigenvalue weighted by atomic mass is 79.9. The number of pyridine rings is 1. The van der Waals surface area contributed by atoms with Crippen molar-refractivity contribution in [3.63, 3.8) is 0 Å². The Morgan fingerprint density at radius 3 is 3.00 bits per heavy atom. The van der Waals surface area contributed by atoms with Gasteiger partial charge in [-0.2, -0.15) is 0 Å². The number of hydrogen-bond donors (Lipinski definition) is 1. The van der Waals surface area contributed by atoms with Gasteiger partial charge in [0.25, 0.3) is 0 Å². The first-order valence-electron chi connectivity index (χ1n) is 3.45. The quantitative estimate of drug-likeness (QED) is 0.739. The second kappa shape index (κ2) is 2.45. The monoisotopic (exact) mass is 226 g/mol. The molecule has 0 saturated carbocycles. The summed E-state index contributed by atoms with van der Waals surface area (Å²) >= 11 is 3.37. The van der Waals surface area contributed by atoms with E-state index in [1.165, 1.54) is 0 Å². The van der Waals surface area contributed by atoms with Crippen molar-refractivity contribution >= 4 is 27.5 Å². The zero-order valence-electron chi connectivity index (χ0n) is 6.45. The van der Waals surface area contributed by atoms with Gasteiger partial charge in [0, 0.05) is 10.7 Å². The molecule has 62 valence electrons. The van der Waals surface area contributed by atoms with Crippen LogP contribution in [0.1, 0.15) is 5.56 Å². The van der Waals surface area contributed by atoms with Gasteiger partial charge in [-0.15, -0.1) is 10.2 Å². The second-order valence-electron chi connectivity index (χ2n) is 2.59. The third-order valence-corrected chi connectivity index (χ3v) is 2.12. The molecule has 0 bridgehead atoms. The molecule has 0 saturated heterocycles. The van der Waals surface area contributed by atoms with Crippen molar-refractivity contribution in [2.45, 2.75) is 6.92 Å². The van der Waals surface area contributed by atoms with Crippen molar-refractivity contribution in [2.75, 3.05) is 5.73 Å². The van der Waals surface area contributed by atoms with Crippen molar-refractivity contribution in [1.82, 2.24) is 14.6 Å². The Bertz CT molecular complexity index is 434. The Morgan fingerprint density at radius 1 is 1.50 bits per heavy atom. The average Bonchev–Trinajstić information content (AvgIpc) is 2.33. The van der Waals surface area contributed by atoms with Crippen molar-refractivity contribution in [3.05, 3.63) is 22.3 Å². The van der Waals surface area contributed by atoms with Crippen LogP contribution in [-0.2, 0) is 0 Å². The van der Waals surface area contributed by atoms with Crippen LogP contribution in [0.15, 0.2) is 16.7 Å². The van der Waals surface area contributed by atoms with Gasteiger partial charge in [0.15, 0.2) is 5.65 Å². The highest BCUT2D eigenvalue weighted by molar-refractivity contribution is 9.10. The zero-order valence-corrected chi connectivity index (χ0v) is 8.04. The first-order valence-corrected chi connectivity index (χ1v) is 4.24. The molecule has 0 atom stereocenters. The van der Waals surface area contributed by atoms with E-state index in [9.17, 15) is 0 Å². The summed E-state index contributed by atoms with van der Waals surface area (Å²) in [6.45, 7) is 1.97. The Labute approximate surface area is 77.5 Å². The number of hydrogen-bond acceptors (Lipinski definition) is 3. The molecule has 0 aliphatic carbocycles. The molecule has 0 spiro atoms. The minimum atomic E-state index is 0.411. The van der Waals surface area contributed by atoms with Crippen LogP contribution in [0.2, 0.25) is 0 Å². The molecule has 2 aromatic rings. The molecule has 0 aliphatic heterocycles. The molecule has 2 aromatic heterocycles. The van der Waals surface area contributed by atoms with E-state index in [-0.39, 0.29) is 0 Å².